The molecule has 1 aromatic carbocycles. The molecule has 1 aliphatic carbocycles. The molecule has 176 valence electrons. The normalized spacial score (nSPS) is 23.2. The number of carbonyl (C=O) groups excluding carboxylic acids is 3. The lowest BCUT2D eigenvalue weighted by molar-refractivity contribution is -0.134. The maximum Gasteiger partial charge on any atom is 0.407 e. The Morgan fingerprint density at radius 3 is 2.66 bits per heavy atom. The van der Waals surface area contributed by atoms with Crippen molar-refractivity contribution in [3.05, 3.63) is 30.1 Å². The Labute approximate surface area is 187 Å². The van der Waals surface area contributed by atoms with E-state index in [1.54, 1.807) is 20.8 Å². The molecule has 1 saturated carbocycles. The van der Waals surface area contributed by atoms with E-state index in [1.165, 1.54) is 29.2 Å². The van der Waals surface area contributed by atoms with Crippen LogP contribution >= 0.6 is 0 Å². The average Bonchev–Trinajstić information content (AvgIpc) is 2.95. The summed E-state index contributed by atoms with van der Waals surface area (Å²) in [7, 11) is 0. The zero-order chi connectivity index (χ0) is 23.4. The Kier molecular flexibility index (Phi) is 7.26. The zero-order valence-electron chi connectivity index (χ0n) is 18.9. The second-order valence-electron chi connectivity index (χ2n) is 9.34. The Morgan fingerprint density at radius 1 is 1.25 bits per heavy atom. The molecule has 4 amide bonds. The van der Waals surface area contributed by atoms with Crippen LogP contribution in [0.5, 0.6) is 5.75 Å². The van der Waals surface area contributed by atoms with E-state index in [4.69, 9.17) is 9.47 Å². The van der Waals surface area contributed by atoms with Crippen LogP contribution in [0.3, 0.4) is 0 Å². The van der Waals surface area contributed by atoms with Gasteiger partial charge in [0.2, 0.25) is 0 Å². The molecule has 1 heterocycles. The summed E-state index contributed by atoms with van der Waals surface area (Å²) in [6.45, 7) is 6.12. The van der Waals surface area contributed by atoms with Crippen molar-refractivity contribution >= 4 is 18.0 Å². The maximum absolute atomic E-state index is 13.3. The van der Waals surface area contributed by atoms with Crippen molar-refractivity contribution in [2.45, 2.75) is 64.0 Å². The van der Waals surface area contributed by atoms with Gasteiger partial charge in [-0.15, -0.1) is 0 Å². The van der Waals surface area contributed by atoms with Crippen molar-refractivity contribution < 1.29 is 28.2 Å². The minimum absolute atomic E-state index is 0.208. The van der Waals surface area contributed by atoms with Crippen LogP contribution in [0.2, 0.25) is 0 Å². The number of nitrogens with one attached hydrogen (secondary N) is 2. The second kappa shape index (κ2) is 9.75. The van der Waals surface area contributed by atoms with E-state index < -0.39 is 23.3 Å². The fourth-order valence-electron chi connectivity index (χ4n) is 4.28. The molecular formula is C23H32FN3O5. The number of carbonyl (C=O) groups is 3. The summed E-state index contributed by atoms with van der Waals surface area (Å²) < 4.78 is 23.8. The highest BCUT2D eigenvalue weighted by Crippen LogP contribution is 2.38. The summed E-state index contributed by atoms with van der Waals surface area (Å²) in [5, 5.41) is 5.67. The molecule has 2 N–H and O–H groups in total. The van der Waals surface area contributed by atoms with Gasteiger partial charge < -0.3 is 20.1 Å². The number of urea groups is 1. The summed E-state index contributed by atoms with van der Waals surface area (Å²) >= 11 is 0. The van der Waals surface area contributed by atoms with Crippen molar-refractivity contribution in [3.63, 3.8) is 0 Å². The standard InChI is InChI=1S/C23H32FN3O5/c1-22(2,3)32-21(30)25-15-16-7-4-5-12-23(16)19(28)27(20(29)26-23)13-6-14-31-18-10-8-17(24)9-11-18/h8-11,16H,4-7,12-15H2,1-3H3,(H,25,30)(H,26,29)/t16-,23-/m1/s1. The van der Waals surface area contributed by atoms with E-state index in [-0.39, 0.29) is 30.7 Å². The molecule has 0 unspecified atom stereocenters. The van der Waals surface area contributed by atoms with Crippen molar-refractivity contribution in [1.82, 2.24) is 15.5 Å². The average molecular weight is 450 g/mol. The lowest BCUT2D eigenvalue weighted by Gasteiger charge is -2.39. The van der Waals surface area contributed by atoms with Crippen LogP contribution < -0.4 is 15.4 Å². The number of halogens is 1. The Balaban J connectivity index is 1.56. The van der Waals surface area contributed by atoms with Gasteiger partial charge in [0, 0.05) is 19.0 Å². The highest BCUT2D eigenvalue weighted by atomic mass is 19.1. The van der Waals surface area contributed by atoms with E-state index >= 15 is 0 Å². The van der Waals surface area contributed by atoms with E-state index in [0.29, 0.717) is 25.2 Å². The zero-order valence-corrected chi connectivity index (χ0v) is 18.9. The van der Waals surface area contributed by atoms with Crippen LogP contribution in [0, 0.1) is 11.7 Å². The Hall–Kier alpha value is -2.84. The van der Waals surface area contributed by atoms with Crippen molar-refractivity contribution in [1.29, 1.82) is 0 Å². The molecule has 1 aliphatic heterocycles. The summed E-state index contributed by atoms with van der Waals surface area (Å²) in [6, 6.07) is 5.27. The SMILES string of the molecule is CC(C)(C)OC(=O)NC[C@H]1CCCC[C@@]12NC(=O)N(CCCOc1ccc(F)cc1)C2=O. The van der Waals surface area contributed by atoms with Gasteiger partial charge in [0.15, 0.2) is 0 Å². The van der Waals surface area contributed by atoms with Crippen LogP contribution in [0.1, 0.15) is 52.9 Å². The molecule has 1 aromatic rings. The number of nitrogens with zero attached hydrogens (tertiary/aromatic N) is 1. The topological polar surface area (TPSA) is 97.0 Å². The third-order valence-corrected chi connectivity index (χ3v) is 5.77. The smallest absolute Gasteiger partial charge is 0.407 e. The van der Waals surface area contributed by atoms with Crippen LogP contribution in [-0.2, 0) is 9.53 Å². The molecule has 9 heteroatoms. The molecule has 3 rings (SSSR count). The summed E-state index contributed by atoms with van der Waals surface area (Å²) in [5.74, 6) is -0.272. The van der Waals surface area contributed by atoms with Gasteiger partial charge in [-0.3, -0.25) is 9.69 Å². The molecule has 8 nitrogen and oxygen atoms in total. The van der Waals surface area contributed by atoms with Crippen molar-refractivity contribution in [3.8, 4) is 5.75 Å². The fourth-order valence-corrected chi connectivity index (χ4v) is 4.28. The molecular weight excluding hydrogens is 417 g/mol. The lowest BCUT2D eigenvalue weighted by Crippen LogP contribution is -2.58. The van der Waals surface area contributed by atoms with Gasteiger partial charge in [0.25, 0.3) is 5.91 Å². The minimum atomic E-state index is -0.998. The van der Waals surface area contributed by atoms with Crippen LogP contribution in [0.15, 0.2) is 24.3 Å². The number of ether oxygens (including phenoxy) is 2. The third kappa shape index (κ3) is 5.69. The first kappa shape index (κ1) is 23.8. The maximum atomic E-state index is 13.3. The predicted octanol–water partition coefficient (Wildman–Crippen LogP) is 3.60. The largest absolute Gasteiger partial charge is 0.494 e. The van der Waals surface area contributed by atoms with E-state index in [0.717, 1.165) is 19.3 Å². The quantitative estimate of drug-likeness (QED) is 0.490. The molecule has 0 bridgehead atoms. The molecule has 2 aliphatic rings. The molecule has 2 atom stereocenters. The van der Waals surface area contributed by atoms with Crippen LogP contribution in [0.25, 0.3) is 0 Å². The number of hydrogen-bond donors (Lipinski definition) is 2. The third-order valence-electron chi connectivity index (χ3n) is 5.77. The second-order valence-corrected chi connectivity index (χ2v) is 9.34. The van der Waals surface area contributed by atoms with Gasteiger partial charge in [-0.25, -0.2) is 14.0 Å². The lowest BCUT2D eigenvalue weighted by atomic mass is 9.72. The van der Waals surface area contributed by atoms with E-state index in [2.05, 4.69) is 10.6 Å². The van der Waals surface area contributed by atoms with Crippen molar-refractivity contribution in [2.75, 3.05) is 19.7 Å². The van der Waals surface area contributed by atoms with Gasteiger partial charge in [-0.1, -0.05) is 12.8 Å². The Bertz CT molecular complexity index is 839. The molecule has 32 heavy (non-hydrogen) atoms. The monoisotopic (exact) mass is 449 g/mol. The number of imide groups is 1. The predicted molar refractivity (Wildman–Crippen MR) is 116 cm³/mol. The highest BCUT2D eigenvalue weighted by Gasteiger charge is 2.56. The van der Waals surface area contributed by atoms with Gasteiger partial charge in [0.05, 0.1) is 6.61 Å². The van der Waals surface area contributed by atoms with Gasteiger partial charge >= 0.3 is 12.1 Å². The Morgan fingerprint density at radius 2 is 1.97 bits per heavy atom. The summed E-state index contributed by atoms with van der Waals surface area (Å²) in [5.41, 5.74) is -1.61. The van der Waals surface area contributed by atoms with E-state index in [1.807, 2.05) is 0 Å². The molecule has 0 aromatic heterocycles. The molecule has 2 fully saturated rings. The number of alkyl carbamates (subject to hydrolysis) is 1. The van der Waals surface area contributed by atoms with Crippen LogP contribution in [-0.4, -0.2) is 53.8 Å². The summed E-state index contributed by atoms with van der Waals surface area (Å²) in [6.07, 6.45) is 2.94. The van der Waals surface area contributed by atoms with Gasteiger partial charge in [-0.2, -0.15) is 0 Å². The first-order valence-corrected chi connectivity index (χ1v) is 11.1. The minimum Gasteiger partial charge on any atom is -0.494 e. The molecule has 0 radical (unpaired) electrons. The molecule has 1 saturated heterocycles. The number of rotatable bonds is 7. The van der Waals surface area contributed by atoms with Gasteiger partial charge in [0.1, 0.15) is 22.7 Å². The van der Waals surface area contributed by atoms with Crippen molar-refractivity contribution in [2.24, 2.45) is 5.92 Å². The van der Waals surface area contributed by atoms with E-state index in [9.17, 15) is 18.8 Å². The number of benzene rings is 1. The first-order chi connectivity index (χ1) is 15.1. The summed E-state index contributed by atoms with van der Waals surface area (Å²) in [4.78, 5) is 39.2. The number of hydrogen-bond acceptors (Lipinski definition) is 5. The highest BCUT2D eigenvalue weighted by molar-refractivity contribution is 6.07. The fraction of sp³-hybridized carbons (Fsp3) is 0.609. The first-order valence-electron chi connectivity index (χ1n) is 11.1. The molecule has 1 spiro atoms. The van der Waals surface area contributed by atoms with Gasteiger partial charge in [-0.05, 0) is 64.3 Å². The van der Waals surface area contributed by atoms with Crippen LogP contribution in [0.4, 0.5) is 14.0 Å². The number of amides is 4.